The lowest BCUT2D eigenvalue weighted by molar-refractivity contribution is 0.169. The van der Waals surface area contributed by atoms with Crippen LogP contribution >= 0.6 is 0 Å². The van der Waals surface area contributed by atoms with E-state index in [0.29, 0.717) is 5.92 Å². The SMILES string of the molecule is Cc1ccc(C2CC(CO)CCN2)o1. The van der Waals surface area contributed by atoms with Crippen LogP contribution in [0.25, 0.3) is 0 Å². The summed E-state index contributed by atoms with van der Waals surface area (Å²) in [7, 11) is 0. The summed E-state index contributed by atoms with van der Waals surface area (Å²) in [6.45, 7) is 3.21. The van der Waals surface area contributed by atoms with E-state index in [2.05, 4.69) is 5.32 Å². The summed E-state index contributed by atoms with van der Waals surface area (Å²) < 4.78 is 5.57. The van der Waals surface area contributed by atoms with Crippen molar-refractivity contribution in [3.05, 3.63) is 23.7 Å². The van der Waals surface area contributed by atoms with Crippen molar-refractivity contribution >= 4 is 0 Å². The molecule has 1 aromatic heterocycles. The number of aryl methyl sites for hydroxylation is 1. The maximum Gasteiger partial charge on any atom is 0.121 e. The van der Waals surface area contributed by atoms with E-state index in [-0.39, 0.29) is 12.6 Å². The molecule has 0 aromatic carbocycles. The van der Waals surface area contributed by atoms with Crippen molar-refractivity contribution in [2.45, 2.75) is 25.8 Å². The maximum atomic E-state index is 9.10. The van der Waals surface area contributed by atoms with Crippen molar-refractivity contribution in [3.8, 4) is 0 Å². The molecule has 1 fully saturated rings. The summed E-state index contributed by atoms with van der Waals surface area (Å²) in [5, 5.41) is 12.5. The zero-order valence-corrected chi connectivity index (χ0v) is 8.49. The number of furan rings is 1. The smallest absolute Gasteiger partial charge is 0.121 e. The van der Waals surface area contributed by atoms with Crippen LogP contribution in [0.2, 0.25) is 0 Å². The zero-order valence-electron chi connectivity index (χ0n) is 8.49. The van der Waals surface area contributed by atoms with Crippen LogP contribution in [0.15, 0.2) is 16.5 Å². The van der Waals surface area contributed by atoms with Crippen LogP contribution in [0.3, 0.4) is 0 Å². The first kappa shape index (κ1) is 9.74. The average molecular weight is 195 g/mol. The Balaban J connectivity index is 2.04. The standard InChI is InChI=1S/C11H17NO2/c1-8-2-3-11(14-8)10-6-9(7-13)4-5-12-10/h2-3,9-10,12-13H,4-7H2,1H3. The van der Waals surface area contributed by atoms with E-state index >= 15 is 0 Å². The summed E-state index contributed by atoms with van der Waals surface area (Å²) in [6, 6.07) is 4.29. The highest BCUT2D eigenvalue weighted by atomic mass is 16.3. The Labute approximate surface area is 84.1 Å². The summed E-state index contributed by atoms with van der Waals surface area (Å²) in [6.07, 6.45) is 2.04. The molecule has 1 aliphatic rings. The van der Waals surface area contributed by atoms with E-state index in [9.17, 15) is 0 Å². The minimum Gasteiger partial charge on any atom is -0.465 e. The van der Waals surface area contributed by atoms with E-state index < -0.39 is 0 Å². The van der Waals surface area contributed by atoms with Crippen LogP contribution in [0.4, 0.5) is 0 Å². The van der Waals surface area contributed by atoms with Gasteiger partial charge in [-0.05, 0) is 44.4 Å². The lowest BCUT2D eigenvalue weighted by atomic mass is 9.92. The van der Waals surface area contributed by atoms with Crippen LogP contribution < -0.4 is 5.32 Å². The highest BCUT2D eigenvalue weighted by Crippen LogP contribution is 2.27. The van der Waals surface area contributed by atoms with Crippen molar-refractivity contribution in [1.29, 1.82) is 0 Å². The maximum absolute atomic E-state index is 9.10. The number of hydrogen-bond donors (Lipinski definition) is 2. The molecule has 0 amide bonds. The molecule has 1 aromatic rings. The summed E-state index contributed by atoms with van der Waals surface area (Å²) >= 11 is 0. The fourth-order valence-corrected chi connectivity index (χ4v) is 2.02. The van der Waals surface area contributed by atoms with Crippen molar-refractivity contribution in [3.63, 3.8) is 0 Å². The Morgan fingerprint density at radius 1 is 1.57 bits per heavy atom. The second-order valence-corrected chi connectivity index (χ2v) is 4.03. The number of aliphatic hydroxyl groups is 1. The molecule has 0 bridgehead atoms. The van der Waals surface area contributed by atoms with Crippen LogP contribution in [0, 0.1) is 12.8 Å². The van der Waals surface area contributed by atoms with Gasteiger partial charge >= 0.3 is 0 Å². The van der Waals surface area contributed by atoms with E-state index in [0.717, 1.165) is 30.9 Å². The molecule has 1 saturated heterocycles. The molecular weight excluding hydrogens is 178 g/mol. The number of nitrogens with one attached hydrogen (secondary N) is 1. The minimum atomic E-state index is 0.287. The summed E-state index contributed by atoms with van der Waals surface area (Å²) in [5.41, 5.74) is 0. The van der Waals surface area contributed by atoms with E-state index in [1.807, 2.05) is 19.1 Å². The van der Waals surface area contributed by atoms with Crippen molar-refractivity contribution in [1.82, 2.24) is 5.32 Å². The molecule has 2 N–H and O–H groups in total. The molecule has 2 heterocycles. The average Bonchev–Trinajstić information content (AvgIpc) is 2.65. The van der Waals surface area contributed by atoms with Gasteiger partial charge in [-0.3, -0.25) is 0 Å². The molecular formula is C11H17NO2. The van der Waals surface area contributed by atoms with Gasteiger partial charge in [0.25, 0.3) is 0 Å². The first-order chi connectivity index (χ1) is 6.79. The molecule has 0 spiro atoms. The third-order valence-electron chi connectivity index (χ3n) is 2.88. The highest BCUT2D eigenvalue weighted by Gasteiger charge is 2.23. The van der Waals surface area contributed by atoms with E-state index in [1.165, 1.54) is 0 Å². The number of aliphatic hydroxyl groups excluding tert-OH is 1. The molecule has 0 saturated carbocycles. The van der Waals surface area contributed by atoms with Gasteiger partial charge in [0.2, 0.25) is 0 Å². The molecule has 14 heavy (non-hydrogen) atoms. The highest BCUT2D eigenvalue weighted by molar-refractivity contribution is 5.10. The topological polar surface area (TPSA) is 45.4 Å². The van der Waals surface area contributed by atoms with Gasteiger partial charge < -0.3 is 14.8 Å². The predicted octanol–water partition coefficient (Wildman–Crippen LogP) is 1.62. The van der Waals surface area contributed by atoms with Crippen LogP contribution in [-0.2, 0) is 0 Å². The van der Waals surface area contributed by atoms with Gasteiger partial charge in [-0.25, -0.2) is 0 Å². The second-order valence-electron chi connectivity index (χ2n) is 4.03. The van der Waals surface area contributed by atoms with E-state index in [1.54, 1.807) is 0 Å². The van der Waals surface area contributed by atoms with Crippen LogP contribution in [0.1, 0.15) is 30.4 Å². The van der Waals surface area contributed by atoms with Crippen molar-refractivity contribution in [2.24, 2.45) is 5.92 Å². The van der Waals surface area contributed by atoms with Gasteiger partial charge in [0.05, 0.1) is 6.04 Å². The Kier molecular flexibility index (Phi) is 2.89. The largest absolute Gasteiger partial charge is 0.465 e. The van der Waals surface area contributed by atoms with Crippen molar-refractivity contribution in [2.75, 3.05) is 13.2 Å². The third kappa shape index (κ3) is 1.99. The third-order valence-corrected chi connectivity index (χ3v) is 2.88. The Bertz CT molecular complexity index is 295. The Hall–Kier alpha value is -0.800. The van der Waals surface area contributed by atoms with E-state index in [4.69, 9.17) is 9.52 Å². The molecule has 1 aliphatic heterocycles. The van der Waals surface area contributed by atoms with Gasteiger partial charge in [-0.15, -0.1) is 0 Å². The monoisotopic (exact) mass is 195 g/mol. The number of hydrogen-bond acceptors (Lipinski definition) is 3. The van der Waals surface area contributed by atoms with Crippen LogP contribution in [-0.4, -0.2) is 18.3 Å². The van der Waals surface area contributed by atoms with Crippen LogP contribution in [0.5, 0.6) is 0 Å². The van der Waals surface area contributed by atoms with Gasteiger partial charge in [-0.1, -0.05) is 0 Å². The molecule has 3 heteroatoms. The first-order valence-electron chi connectivity index (χ1n) is 5.20. The molecule has 2 rings (SSSR count). The molecule has 3 nitrogen and oxygen atoms in total. The predicted molar refractivity (Wildman–Crippen MR) is 54.0 cm³/mol. The molecule has 2 atom stereocenters. The zero-order chi connectivity index (χ0) is 9.97. The Morgan fingerprint density at radius 3 is 3.07 bits per heavy atom. The second kappa shape index (κ2) is 4.15. The fraction of sp³-hybridized carbons (Fsp3) is 0.636. The lowest BCUT2D eigenvalue weighted by Crippen LogP contribution is -2.32. The van der Waals surface area contributed by atoms with Gasteiger partial charge in [-0.2, -0.15) is 0 Å². The van der Waals surface area contributed by atoms with Gasteiger partial charge in [0.1, 0.15) is 11.5 Å². The number of piperidine rings is 1. The quantitative estimate of drug-likeness (QED) is 0.753. The summed E-state index contributed by atoms with van der Waals surface area (Å²) in [4.78, 5) is 0. The number of rotatable bonds is 2. The fourth-order valence-electron chi connectivity index (χ4n) is 2.02. The van der Waals surface area contributed by atoms with Gasteiger partial charge in [0, 0.05) is 6.61 Å². The minimum absolute atomic E-state index is 0.287. The first-order valence-corrected chi connectivity index (χ1v) is 5.20. The molecule has 78 valence electrons. The lowest BCUT2D eigenvalue weighted by Gasteiger charge is -2.27. The van der Waals surface area contributed by atoms with Gasteiger partial charge in [0.15, 0.2) is 0 Å². The Morgan fingerprint density at radius 2 is 2.43 bits per heavy atom. The molecule has 0 aliphatic carbocycles. The molecule has 2 unspecified atom stereocenters. The summed E-state index contributed by atoms with van der Waals surface area (Å²) in [5.74, 6) is 2.38. The molecule has 0 radical (unpaired) electrons. The normalized spacial score (nSPS) is 27.9. The van der Waals surface area contributed by atoms with Crippen molar-refractivity contribution < 1.29 is 9.52 Å².